The van der Waals surface area contributed by atoms with Crippen LogP contribution in [-0.4, -0.2) is 75.5 Å². The van der Waals surface area contributed by atoms with Crippen molar-refractivity contribution in [3.63, 3.8) is 0 Å². The minimum Gasteiger partial charge on any atom is -0.392 e. The molecule has 1 aliphatic rings. The lowest BCUT2D eigenvalue weighted by molar-refractivity contribution is -0.111. The molecule has 0 spiro atoms. The molecule has 2 rings (SSSR count). The summed E-state index contributed by atoms with van der Waals surface area (Å²) in [5.74, 6) is 0. The zero-order chi connectivity index (χ0) is 18.4. The Bertz CT molecular complexity index is 582. The van der Waals surface area contributed by atoms with Crippen LogP contribution in [0.1, 0.15) is 11.7 Å². The van der Waals surface area contributed by atoms with Crippen molar-refractivity contribution in [2.75, 3.05) is 13.2 Å². The maximum absolute atomic E-state index is 10.8. The van der Waals surface area contributed by atoms with E-state index in [9.17, 15) is 30.3 Å². The highest BCUT2D eigenvalue weighted by atomic mass is 16.4. The van der Waals surface area contributed by atoms with Gasteiger partial charge in [-0.25, -0.2) is 0 Å². The molecule has 8 heteroatoms. The summed E-state index contributed by atoms with van der Waals surface area (Å²) in [6, 6.07) is 7.36. The monoisotopic (exact) mass is 352 g/mol. The van der Waals surface area contributed by atoms with Gasteiger partial charge in [-0.15, -0.1) is 0 Å². The standard InChI is InChI=1S/C17H24N2O6/c20-8-11-6-12(16(24)17(25)15(11)23)18-7-13(19-9-21)14(22)10-4-2-1-3-5-10/h1-6,9,12-18,20,22-25H,7-8H2,(H,19,21)/t12-,13+,14-,15?,16?,17+/m1/s1. The molecule has 6 atom stereocenters. The van der Waals surface area contributed by atoms with Gasteiger partial charge in [-0.3, -0.25) is 4.79 Å². The third-order valence-corrected chi connectivity index (χ3v) is 4.38. The van der Waals surface area contributed by atoms with Gasteiger partial charge in [-0.1, -0.05) is 36.4 Å². The van der Waals surface area contributed by atoms with Crippen LogP contribution in [0.4, 0.5) is 0 Å². The zero-order valence-electron chi connectivity index (χ0n) is 13.6. The van der Waals surface area contributed by atoms with Gasteiger partial charge in [0.1, 0.15) is 24.4 Å². The quantitative estimate of drug-likeness (QED) is 0.208. The fourth-order valence-corrected chi connectivity index (χ4v) is 2.87. The zero-order valence-corrected chi connectivity index (χ0v) is 13.6. The second kappa shape index (κ2) is 9.04. The molecule has 0 saturated carbocycles. The number of carbonyl (C=O) groups excluding carboxylic acids is 1. The molecule has 0 saturated heterocycles. The van der Waals surface area contributed by atoms with Gasteiger partial charge in [0, 0.05) is 6.54 Å². The van der Waals surface area contributed by atoms with Gasteiger partial charge in [0.15, 0.2) is 0 Å². The fraction of sp³-hybridized carbons (Fsp3) is 0.471. The topological polar surface area (TPSA) is 142 Å². The summed E-state index contributed by atoms with van der Waals surface area (Å²) in [6.07, 6.45) is -3.14. The maximum atomic E-state index is 10.8. The highest BCUT2D eigenvalue weighted by Crippen LogP contribution is 2.21. The van der Waals surface area contributed by atoms with Crippen molar-refractivity contribution in [3.8, 4) is 0 Å². The van der Waals surface area contributed by atoms with Crippen molar-refractivity contribution >= 4 is 6.41 Å². The van der Waals surface area contributed by atoms with E-state index in [1.165, 1.54) is 6.08 Å². The van der Waals surface area contributed by atoms with Gasteiger partial charge >= 0.3 is 0 Å². The summed E-state index contributed by atoms with van der Waals surface area (Å²) in [7, 11) is 0. The number of aliphatic hydroxyl groups is 5. The normalized spacial score (nSPS) is 28.8. The molecule has 138 valence electrons. The largest absolute Gasteiger partial charge is 0.392 e. The minimum atomic E-state index is -1.44. The Labute approximate surface area is 145 Å². The number of amides is 1. The Hall–Kier alpha value is -1.81. The van der Waals surface area contributed by atoms with Gasteiger partial charge in [-0.2, -0.15) is 0 Å². The third-order valence-electron chi connectivity index (χ3n) is 4.38. The van der Waals surface area contributed by atoms with E-state index in [2.05, 4.69) is 10.6 Å². The van der Waals surface area contributed by atoms with E-state index in [-0.39, 0.29) is 12.1 Å². The van der Waals surface area contributed by atoms with Crippen molar-refractivity contribution in [1.82, 2.24) is 10.6 Å². The molecule has 0 radical (unpaired) electrons. The summed E-state index contributed by atoms with van der Waals surface area (Å²) in [5.41, 5.74) is 0.814. The molecule has 0 aliphatic heterocycles. The van der Waals surface area contributed by atoms with Crippen LogP contribution in [0.15, 0.2) is 42.0 Å². The number of hydrogen-bond acceptors (Lipinski definition) is 7. The van der Waals surface area contributed by atoms with Crippen LogP contribution in [0.2, 0.25) is 0 Å². The number of benzene rings is 1. The lowest BCUT2D eigenvalue weighted by atomic mass is 9.88. The molecule has 0 heterocycles. The second-order valence-corrected chi connectivity index (χ2v) is 6.01. The molecule has 1 aromatic carbocycles. The number of rotatable bonds is 8. The Morgan fingerprint density at radius 3 is 2.40 bits per heavy atom. The highest BCUT2D eigenvalue weighted by molar-refractivity contribution is 5.47. The first-order valence-corrected chi connectivity index (χ1v) is 8.01. The molecule has 25 heavy (non-hydrogen) atoms. The van der Waals surface area contributed by atoms with Gasteiger partial charge in [0.2, 0.25) is 6.41 Å². The van der Waals surface area contributed by atoms with Gasteiger partial charge in [0.25, 0.3) is 0 Å². The van der Waals surface area contributed by atoms with E-state index >= 15 is 0 Å². The second-order valence-electron chi connectivity index (χ2n) is 6.01. The van der Waals surface area contributed by atoms with E-state index in [0.717, 1.165) is 0 Å². The first kappa shape index (κ1) is 19.5. The van der Waals surface area contributed by atoms with E-state index in [0.29, 0.717) is 12.0 Å². The van der Waals surface area contributed by atoms with Gasteiger partial charge < -0.3 is 36.2 Å². The predicted octanol–water partition coefficient (Wildman–Crippen LogP) is -2.19. The molecule has 1 amide bonds. The number of aliphatic hydroxyl groups excluding tert-OH is 5. The van der Waals surface area contributed by atoms with Crippen molar-refractivity contribution < 1.29 is 30.3 Å². The van der Waals surface area contributed by atoms with Crippen LogP contribution in [0.3, 0.4) is 0 Å². The van der Waals surface area contributed by atoms with Crippen LogP contribution >= 0.6 is 0 Å². The molecule has 1 aliphatic carbocycles. The molecule has 0 fully saturated rings. The molecule has 8 nitrogen and oxygen atoms in total. The van der Waals surface area contributed by atoms with Crippen molar-refractivity contribution in [2.45, 2.75) is 36.5 Å². The molecular formula is C17H24N2O6. The Balaban J connectivity index is 2.07. The highest BCUT2D eigenvalue weighted by Gasteiger charge is 2.37. The molecule has 2 unspecified atom stereocenters. The molecule has 1 aromatic rings. The van der Waals surface area contributed by atoms with Gasteiger partial charge in [-0.05, 0) is 11.1 Å². The fourth-order valence-electron chi connectivity index (χ4n) is 2.87. The summed E-state index contributed by atoms with van der Waals surface area (Å²) in [6.45, 7) is -0.361. The Kier molecular flexibility index (Phi) is 7.06. The van der Waals surface area contributed by atoms with Crippen LogP contribution in [0.5, 0.6) is 0 Å². The average Bonchev–Trinajstić information content (AvgIpc) is 2.64. The summed E-state index contributed by atoms with van der Waals surface area (Å²) >= 11 is 0. The van der Waals surface area contributed by atoms with E-state index in [1.54, 1.807) is 24.3 Å². The van der Waals surface area contributed by atoms with Crippen LogP contribution < -0.4 is 10.6 Å². The predicted molar refractivity (Wildman–Crippen MR) is 89.4 cm³/mol. The molecule has 0 bridgehead atoms. The summed E-state index contributed by atoms with van der Waals surface area (Å²) in [5, 5.41) is 54.8. The lowest BCUT2D eigenvalue weighted by Crippen LogP contribution is -2.56. The Morgan fingerprint density at radius 2 is 1.80 bits per heavy atom. The summed E-state index contributed by atoms with van der Waals surface area (Å²) in [4.78, 5) is 10.8. The molecular weight excluding hydrogens is 328 g/mol. The van der Waals surface area contributed by atoms with E-state index in [4.69, 9.17) is 0 Å². The Morgan fingerprint density at radius 1 is 1.12 bits per heavy atom. The minimum absolute atomic E-state index is 0.0918. The third kappa shape index (κ3) is 4.63. The lowest BCUT2D eigenvalue weighted by Gasteiger charge is -2.35. The summed E-state index contributed by atoms with van der Waals surface area (Å²) < 4.78 is 0. The first-order chi connectivity index (χ1) is 12.0. The van der Waals surface area contributed by atoms with Gasteiger partial charge in [0.05, 0.1) is 18.7 Å². The van der Waals surface area contributed by atoms with E-state index < -0.39 is 43.1 Å². The van der Waals surface area contributed by atoms with E-state index in [1.807, 2.05) is 6.07 Å². The number of carbonyl (C=O) groups is 1. The van der Waals surface area contributed by atoms with Crippen LogP contribution in [0, 0.1) is 0 Å². The van der Waals surface area contributed by atoms with Crippen molar-refractivity contribution in [2.24, 2.45) is 0 Å². The molecule has 7 N–H and O–H groups in total. The van der Waals surface area contributed by atoms with Crippen LogP contribution in [-0.2, 0) is 4.79 Å². The SMILES string of the molecule is O=CN[C@@H](CN[C@@H]1C=C(CO)C(O)[C@H](O)C1O)[C@H](O)c1ccccc1. The first-order valence-electron chi connectivity index (χ1n) is 8.01. The number of hydrogen-bond donors (Lipinski definition) is 7. The maximum Gasteiger partial charge on any atom is 0.207 e. The van der Waals surface area contributed by atoms with Crippen molar-refractivity contribution in [1.29, 1.82) is 0 Å². The number of nitrogens with one attached hydrogen (secondary N) is 2. The smallest absolute Gasteiger partial charge is 0.207 e. The average molecular weight is 352 g/mol. The van der Waals surface area contributed by atoms with Crippen molar-refractivity contribution in [3.05, 3.63) is 47.5 Å². The van der Waals surface area contributed by atoms with Crippen LogP contribution in [0.25, 0.3) is 0 Å². The molecule has 0 aromatic heterocycles.